The summed E-state index contributed by atoms with van der Waals surface area (Å²) in [6, 6.07) is 7.31. The molecule has 1 amide bonds. The van der Waals surface area contributed by atoms with Crippen LogP contribution in [0, 0.1) is 0 Å². The lowest BCUT2D eigenvalue weighted by atomic mass is 10.2. The van der Waals surface area contributed by atoms with Crippen LogP contribution in [0.2, 0.25) is 0 Å². The Balaban J connectivity index is 1.67. The summed E-state index contributed by atoms with van der Waals surface area (Å²) in [4.78, 5) is 29.0. The number of aromatic nitrogens is 2. The Morgan fingerprint density at radius 1 is 1.03 bits per heavy atom. The topological polar surface area (TPSA) is 86.1 Å². The summed E-state index contributed by atoms with van der Waals surface area (Å²) in [5.74, 6) is 0.782. The van der Waals surface area contributed by atoms with E-state index in [1.807, 2.05) is 39.0 Å². The molecule has 0 aliphatic carbocycles. The van der Waals surface area contributed by atoms with Gasteiger partial charge < -0.3 is 19.1 Å². The molecule has 0 unspecified atom stereocenters. The molecule has 170 valence electrons. The number of carbonyl (C=O) groups excluding carboxylic acids is 1. The molecule has 2 bridgehead atoms. The lowest BCUT2D eigenvalue weighted by Gasteiger charge is -2.25. The monoisotopic (exact) mass is 440 g/mol. The van der Waals surface area contributed by atoms with Crippen molar-refractivity contribution in [1.82, 2.24) is 14.7 Å². The van der Waals surface area contributed by atoms with Crippen molar-refractivity contribution in [2.45, 2.75) is 45.6 Å². The molecule has 2 aliphatic heterocycles. The van der Waals surface area contributed by atoms with Gasteiger partial charge in [-0.25, -0.2) is 4.79 Å². The molecule has 0 atom stereocenters. The second-order valence-corrected chi connectivity index (χ2v) is 8.66. The van der Waals surface area contributed by atoms with Gasteiger partial charge in [-0.1, -0.05) is 12.1 Å². The highest BCUT2D eigenvalue weighted by Crippen LogP contribution is 2.29. The van der Waals surface area contributed by atoms with Gasteiger partial charge >= 0.3 is 11.7 Å². The van der Waals surface area contributed by atoms with Crippen molar-refractivity contribution in [3.63, 3.8) is 0 Å². The quantitative estimate of drug-likeness (QED) is 0.669. The van der Waals surface area contributed by atoms with Gasteiger partial charge in [-0.15, -0.1) is 0 Å². The molecule has 9 nitrogen and oxygen atoms in total. The zero-order valence-corrected chi connectivity index (χ0v) is 18.6. The molecule has 2 aromatic rings. The van der Waals surface area contributed by atoms with Crippen LogP contribution in [0.5, 0.6) is 11.5 Å². The molecule has 32 heavy (non-hydrogen) atoms. The van der Waals surface area contributed by atoms with Crippen molar-refractivity contribution < 1.29 is 19.0 Å². The summed E-state index contributed by atoms with van der Waals surface area (Å²) in [5, 5.41) is 4.39. The zero-order valence-electron chi connectivity index (χ0n) is 18.6. The van der Waals surface area contributed by atoms with Crippen LogP contribution in [0.3, 0.4) is 0 Å². The number of anilines is 1. The van der Waals surface area contributed by atoms with Crippen molar-refractivity contribution >= 4 is 11.8 Å². The zero-order chi connectivity index (χ0) is 22.7. The maximum atomic E-state index is 13.4. The van der Waals surface area contributed by atoms with Gasteiger partial charge in [-0.3, -0.25) is 9.69 Å². The van der Waals surface area contributed by atoms with Crippen LogP contribution in [0.25, 0.3) is 5.69 Å². The summed E-state index contributed by atoms with van der Waals surface area (Å²) in [5.41, 5.74) is 0.0591. The third-order valence-electron chi connectivity index (χ3n) is 4.97. The first kappa shape index (κ1) is 21.7. The summed E-state index contributed by atoms with van der Waals surface area (Å²) < 4.78 is 18.6. The predicted octanol–water partition coefficient (Wildman–Crippen LogP) is 3.66. The van der Waals surface area contributed by atoms with Crippen LogP contribution >= 0.6 is 0 Å². The predicted molar refractivity (Wildman–Crippen MR) is 119 cm³/mol. The fourth-order valence-corrected chi connectivity index (χ4v) is 3.45. The van der Waals surface area contributed by atoms with Gasteiger partial charge in [0.05, 0.1) is 19.4 Å². The minimum atomic E-state index is -0.602. The van der Waals surface area contributed by atoms with Crippen LogP contribution in [-0.2, 0) is 4.74 Å². The Hall–Kier alpha value is -3.49. The standard InChI is InChI=1S/C23H28N4O5/c1-23(2,3)32-22(29)26-12-11-25(16-26)18-15-24-27-17-9-5-6-10-19(17)30-13-7-4-8-14-31-20(18)21(27)28/h5-6,9-12,15H,4,7-8,13-14,16H2,1-3H3. The van der Waals surface area contributed by atoms with Crippen LogP contribution in [-0.4, -0.2) is 46.3 Å². The highest BCUT2D eigenvalue weighted by molar-refractivity contribution is 5.72. The Kier molecular flexibility index (Phi) is 6.07. The number of amides is 1. The van der Waals surface area contributed by atoms with E-state index in [-0.39, 0.29) is 18.0 Å². The van der Waals surface area contributed by atoms with E-state index in [0.29, 0.717) is 30.3 Å². The number of ether oxygens (including phenoxy) is 3. The SMILES string of the molecule is CC(C)(C)OC(=O)N1C=CN(c2cnn3c(=O)c2OCCCCCOc2ccccc2-3)C1. The van der Waals surface area contributed by atoms with E-state index in [9.17, 15) is 9.59 Å². The minimum absolute atomic E-state index is 0.186. The molecule has 4 rings (SSSR count). The van der Waals surface area contributed by atoms with Crippen molar-refractivity contribution in [1.29, 1.82) is 0 Å². The van der Waals surface area contributed by atoms with E-state index >= 15 is 0 Å². The van der Waals surface area contributed by atoms with E-state index in [0.717, 1.165) is 19.3 Å². The smallest absolute Gasteiger partial charge is 0.415 e. The summed E-state index contributed by atoms with van der Waals surface area (Å²) in [6.45, 7) is 6.60. The highest BCUT2D eigenvalue weighted by Gasteiger charge is 2.28. The lowest BCUT2D eigenvalue weighted by molar-refractivity contribution is 0.0349. The van der Waals surface area contributed by atoms with Gasteiger partial charge in [0.25, 0.3) is 0 Å². The number of nitrogens with zero attached hydrogens (tertiary/aromatic N) is 4. The first-order chi connectivity index (χ1) is 15.3. The minimum Gasteiger partial charge on any atom is -0.491 e. The number of para-hydroxylation sites is 2. The first-order valence-corrected chi connectivity index (χ1v) is 10.8. The third-order valence-corrected chi connectivity index (χ3v) is 4.97. The molecule has 0 fully saturated rings. The first-order valence-electron chi connectivity index (χ1n) is 10.8. The molecule has 9 heteroatoms. The molecule has 1 aromatic heterocycles. The Bertz CT molecular complexity index is 1070. The van der Waals surface area contributed by atoms with Crippen LogP contribution in [0.4, 0.5) is 10.5 Å². The normalized spacial score (nSPS) is 16.3. The fraction of sp³-hybridized carbons (Fsp3) is 0.435. The molecule has 0 saturated carbocycles. The van der Waals surface area contributed by atoms with E-state index < -0.39 is 11.7 Å². The number of hydrogen-bond acceptors (Lipinski definition) is 7. The number of hydrogen-bond donors (Lipinski definition) is 0. The maximum absolute atomic E-state index is 13.4. The third kappa shape index (κ3) is 4.71. The Morgan fingerprint density at radius 2 is 1.78 bits per heavy atom. The van der Waals surface area contributed by atoms with Gasteiger partial charge in [0.2, 0.25) is 5.75 Å². The average molecular weight is 441 g/mol. The number of carbonyl (C=O) groups is 1. The molecule has 2 aliphatic rings. The average Bonchev–Trinajstić information content (AvgIpc) is 3.23. The Morgan fingerprint density at radius 3 is 2.56 bits per heavy atom. The van der Waals surface area contributed by atoms with Crippen molar-refractivity contribution in [3.05, 3.63) is 53.2 Å². The van der Waals surface area contributed by atoms with Crippen LogP contribution in [0.15, 0.2) is 47.7 Å². The lowest BCUT2D eigenvalue weighted by Crippen LogP contribution is -2.36. The van der Waals surface area contributed by atoms with Gasteiger partial charge in [-0.05, 0) is 52.2 Å². The maximum Gasteiger partial charge on any atom is 0.415 e. The van der Waals surface area contributed by atoms with Gasteiger partial charge in [0, 0.05) is 12.4 Å². The van der Waals surface area contributed by atoms with Crippen molar-refractivity contribution in [3.8, 4) is 17.2 Å². The van der Waals surface area contributed by atoms with E-state index in [2.05, 4.69) is 5.10 Å². The van der Waals surface area contributed by atoms with Gasteiger partial charge in [-0.2, -0.15) is 9.78 Å². The van der Waals surface area contributed by atoms with Gasteiger partial charge in [0.15, 0.2) is 0 Å². The molecule has 0 N–H and O–H groups in total. The summed E-state index contributed by atoms with van der Waals surface area (Å²) in [6.07, 6.45) is 7.04. The van der Waals surface area contributed by atoms with E-state index in [4.69, 9.17) is 14.2 Å². The molecule has 3 heterocycles. The number of rotatable bonds is 1. The van der Waals surface area contributed by atoms with Crippen LogP contribution < -0.4 is 19.9 Å². The largest absolute Gasteiger partial charge is 0.491 e. The number of fused-ring (bicyclic) bond motifs is 4. The second-order valence-electron chi connectivity index (χ2n) is 8.66. The van der Waals surface area contributed by atoms with Crippen LogP contribution in [0.1, 0.15) is 40.0 Å². The number of benzene rings is 1. The van der Waals surface area contributed by atoms with Gasteiger partial charge in [0.1, 0.15) is 29.4 Å². The molecule has 1 aromatic carbocycles. The van der Waals surface area contributed by atoms with E-state index in [1.54, 1.807) is 29.6 Å². The molecule has 0 saturated heterocycles. The fourth-order valence-electron chi connectivity index (χ4n) is 3.45. The van der Waals surface area contributed by atoms with Crippen molar-refractivity contribution in [2.24, 2.45) is 0 Å². The summed E-state index contributed by atoms with van der Waals surface area (Å²) in [7, 11) is 0. The van der Waals surface area contributed by atoms with Crippen molar-refractivity contribution in [2.75, 3.05) is 24.8 Å². The molecule has 0 spiro atoms. The molecule has 0 radical (unpaired) electrons. The second kappa shape index (κ2) is 8.94. The molecular weight excluding hydrogens is 412 g/mol. The van der Waals surface area contributed by atoms with E-state index in [1.165, 1.54) is 9.58 Å². The highest BCUT2D eigenvalue weighted by atomic mass is 16.6. The Labute approximate surface area is 186 Å². The summed E-state index contributed by atoms with van der Waals surface area (Å²) >= 11 is 0. The molecular formula is C23H28N4O5.